The maximum absolute atomic E-state index is 13.4. The van der Waals surface area contributed by atoms with E-state index in [-0.39, 0.29) is 5.75 Å². The van der Waals surface area contributed by atoms with E-state index < -0.39 is 29.6 Å². The molecule has 0 radical (unpaired) electrons. The van der Waals surface area contributed by atoms with Crippen LogP contribution in [0.5, 0.6) is 5.75 Å². The van der Waals surface area contributed by atoms with Crippen LogP contribution in [0.3, 0.4) is 0 Å². The molecule has 0 spiro atoms. The molecule has 0 amide bonds. The Morgan fingerprint density at radius 3 is 2.15 bits per heavy atom. The van der Waals surface area contributed by atoms with Gasteiger partial charge in [0.2, 0.25) is 5.78 Å². The Morgan fingerprint density at radius 2 is 1.60 bits per heavy atom. The van der Waals surface area contributed by atoms with E-state index in [2.05, 4.69) is 0 Å². The lowest BCUT2D eigenvalue weighted by Crippen LogP contribution is -2.15. The zero-order valence-corrected chi connectivity index (χ0v) is 11.5. The highest BCUT2D eigenvalue weighted by Crippen LogP contribution is 2.24. The third kappa shape index (κ3) is 3.46. The number of Topliss-reactive ketones (excluding diaryl/α,β-unsaturated/α-hetero) is 1. The van der Waals surface area contributed by atoms with Crippen molar-refractivity contribution in [1.29, 1.82) is 0 Å². The van der Waals surface area contributed by atoms with E-state index in [0.717, 1.165) is 12.1 Å². The van der Waals surface area contributed by atoms with Crippen LogP contribution in [0, 0.1) is 11.6 Å². The molecule has 0 aromatic heterocycles. The molecule has 0 aliphatic heterocycles. The number of hydrogen-bond acceptors (Lipinski definition) is 2. The van der Waals surface area contributed by atoms with Gasteiger partial charge in [-0.25, -0.2) is 8.78 Å². The first kappa shape index (κ1) is 14.8. The van der Waals surface area contributed by atoms with Crippen LogP contribution in [-0.4, -0.2) is 12.4 Å². The molecule has 20 heavy (non-hydrogen) atoms. The minimum Gasteiger partial charge on any atom is -0.485 e. The van der Waals surface area contributed by atoms with Crippen molar-refractivity contribution in [2.75, 3.05) is 6.61 Å². The van der Waals surface area contributed by atoms with Gasteiger partial charge < -0.3 is 4.74 Å². The van der Waals surface area contributed by atoms with Crippen LogP contribution in [0.25, 0.3) is 0 Å². The molecule has 2 aromatic rings. The Balaban J connectivity index is 2.13. The van der Waals surface area contributed by atoms with Crippen molar-refractivity contribution in [3.63, 3.8) is 0 Å². The van der Waals surface area contributed by atoms with Gasteiger partial charge in [0.25, 0.3) is 0 Å². The van der Waals surface area contributed by atoms with Crippen molar-refractivity contribution in [3.05, 3.63) is 63.6 Å². The molecule has 0 unspecified atom stereocenters. The van der Waals surface area contributed by atoms with Gasteiger partial charge in [-0.05, 0) is 30.3 Å². The average molecular weight is 317 g/mol. The molecule has 0 N–H and O–H groups in total. The van der Waals surface area contributed by atoms with Crippen LogP contribution in [-0.2, 0) is 0 Å². The number of rotatable bonds is 4. The molecule has 0 bridgehead atoms. The van der Waals surface area contributed by atoms with Gasteiger partial charge in [0, 0.05) is 10.0 Å². The Hall–Kier alpha value is -1.65. The van der Waals surface area contributed by atoms with Crippen LogP contribution in [0.15, 0.2) is 36.4 Å². The number of benzene rings is 2. The van der Waals surface area contributed by atoms with E-state index in [1.54, 1.807) is 0 Å². The van der Waals surface area contributed by atoms with Crippen molar-refractivity contribution >= 4 is 29.0 Å². The minimum absolute atomic E-state index is 0.243. The normalized spacial score (nSPS) is 10.4. The lowest BCUT2D eigenvalue weighted by Gasteiger charge is -2.07. The molecule has 0 heterocycles. The second-order valence-electron chi connectivity index (χ2n) is 3.91. The van der Waals surface area contributed by atoms with Crippen LogP contribution in [0.4, 0.5) is 8.78 Å². The van der Waals surface area contributed by atoms with E-state index in [1.165, 1.54) is 24.3 Å². The van der Waals surface area contributed by atoms with E-state index in [9.17, 15) is 13.6 Å². The molecule has 0 aliphatic carbocycles. The Kier molecular flexibility index (Phi) is 4.57. The average Bonchev–Trinajstić information content (AvgIpc) is 2.35. The van der Waals surface area contributed by atoms with Gasteiger partial charge in [-0.2, -0.15) is 0 Å². The fourth-order valence-corrected chi connectivity index (χ4v) is 2.10. The highest BCUT2D eigenvalue weighted by molar-refractivity contribution is 6.34. The Morgan fingerprint density at radius 1 is 1.05 bits per heavy atom. The smallest absolute Gasteiger partial charge is 0.206 e. The lowest BCUT2D eigenvalue weighted by molar-refractivity contribution is 0.0913. The Bertz CT molecular complexity index is 619. The van der Waals surface area contributed by atoms with Crippen LogP contribution < -0.4 is 4.74 Å². The lowest BCUT2D eigenvalue weighted by atomic mass is 10.1. The predicted molar refractivity (Wildman–Crippen MR) is 72.6 cm³/mol. The number of halogens is 4. The summed E-state index contributed by atoms with van der Waals surface area (Å²) in [5.74, 6) is -2.42. The van der Waals surface area contributed by atoms with E-state index in [1.807, 2.05) is 0 Å². The molecule has 0 fully saturated rings. The van der Waals surface area contributed by atoms with Gasteiger partial charge in [-0.3, -0.25) is 4.79 Å². The summed E-state index contributed by atoms with van der Waals surface area (Å²) in [7, 11) is 0. The molecule has 0 saturated heterocycles. The number of ether oxygens (including phenoxy) is 1. The fourth-order valence-electron chi connectivity index (χ4n) is 1.60. The SMILES string of the molecule is O=C(COc1cc(Cl)cc(Cl)c1)c1c(F)cccc1F. The molecule has 2 rings (SSSR count). The first-order valence-electron chi connectivity index (χ1n) is 5.53. The molecule has 0 aliphatic rings. The fraction of sp³-hybridized carbons (Fsp3) is 0.0714. The summed E-state index contributed by atoms with van der Waals surface area (Å²) < 4.78 is 31.9. The summed E-state index contributed by atoms with van der Waals surface area (Å²) in [4.78, 5) is 11.8. The third-order valence-corrected chi connectivity index (χ3v) is 2.88. The number of carbonyl (C=O) groups excluding carboxylic acids is 1. The summed E-state index contributed by atoms with van der Waals surface area (Å²) in [6.07, 6.45) is 0. The number of ketones is 1. The first-order chi connectivity index (χ1) is 9.47. The second kappa shape index (κ2) is 6.20. The van der Waals surface area contributed by atoms with Gasteiger partial charge in [0.15, 0.2) is 6.61 Å². The van der Waals surface area contributed by atoms with Gasteiger partial charge in [0.1, 0.15) is 17.4 Å². The zero-order chi connectivity index (χ0) is 14.7. The summed E-state index contributed by atoms with van der Waals surface area (Å²) >= 11 is 11.5. The largest absolute Gasteiger partial charge is 0.485 e. The highest BCUT2D eigenvalue weighted by Gasteiger charge is 2.17. The van der Waals surface area contributed by atoms with E-state index >= 15 is 0 Å². The zero-order valence-electron chi connectivity index (χ0n) is 10.00. The van der Waals surface area contributed by atoms with Crippen molar-refractivity contribution in [1.82, 2.24) is 0 Å². The van der Waals surface area contributed by atoms with Gasteiger partial charge in [-0.15, -0.1) is 0 Å². The summed E-state index contributed by atoms with van der Waals surface area (Å²) in [6, 6.07) is 7.57. The van der Waals surface area contributed by atoms with Crippen LogP contribution in [0.2, 0.25) is 10.0 Å². The van der Waals surface area contributed by atoms with E-state index in [0.29, 0.717) is 10.0 Å². The predicted octanol–water partition coefficient (Wildman–Crippen LogP) is 4.53. The van der Waals surface area contributed by atoms with E-state index in [4.69, 9.17) is 27.9 Å². The first-order valence-corrected chi connectivity index (χ1v) is 6.29. The molecule has 2 nitrogen and oxygen atoms in total. The number of hydrogen-bond donors (Lipinski definition) is 0. The molecule has 0 saturated carbocycles. The quantitative estimate of drug-likeness (QED) is 0.774. The molecule has 2 aromatic carbocycles. The molecule has 0 atom stereocenters. The topological polar surface area (TPSA) is 26.3 Å². The monoisotopic (exact) mass is 316 g/mol. The maximum atomic E-state index is 13.4. The molecular formula is C14H8Cl2F2O2. The van der Waals surface area contributed by atoms with Gasteiger partial charge in [-0.1, -0.05) is 29.3 Å². The van der Waals surface area contributed by atoms with Crippen LogP contribution in [0.1, 0.15) is 10.4 Å². The van der Waals surface area contributed by atoms with Crippen molar-refractivity contribution in [2.24, 2.45) is 0 Å². The number of carbonyl (C=O) groups is 1. The Labute approximate surface area is 123 Å². The van der Waals surface area contributed by atoms with Crippen LogP contribution >= 0.6 is 23.2 Å². The van der Waals surface area contributed by atoms with Crippen molar-refractivity contribution in [3.8, 4) is 5.75 Å². The molecular weight excluding hydrogens is 309 g/mol. The summed E-state index contributed by atoms with van der Waals surface area (Å²) in [5, 5.41) is 0.661. The van der Waals surface area contributed by atoms with Crippen molar-refractivity contribution in [2.45, 2.75) is 0 Å². The third-order valence-electron chi connectivity index (χ3n) is 2.45. The molecule has 6 heteroatoms. The molecule has 104 valence electrons. The summed E-state index contributed by atoms with van der Waals surface area (Å²) in [6.45, 7) is -0.519. The maximum Gasteiger partial charge on any atom is 0.206 e. The minimum atomic E-state index is -0.928. The summed E-state index contributed by atoms with van der Waals surface area (Å²) in [5.41, 5.74) is -0.624. The van der Waals surface area contributed by atoms with Gasteiger partial charge >= 0.3 is 0 Å². The van der Waals surface area contributed by atoms with Gasteiger partial charge in [0.05, 0.1) is 5.56 Å². The van der Waals surface area contributed by atoms with Crippen molar-refractivity contribution < 1.29 is 18.3 Å². The standard InChI is InChI=1S/C14H8Cl2F2O2/c15-8-4-9(16)6-10(5-8)20-7-13(19)14-11(17)2-1-3-12(14)18/h1-6H,7H2. The second-order valence-corrected chi connectivity index (χ2v) is 4.79. The highest BCUT2D eigenvalue weighted by atomic mass is 35.5.